The van der Waals surface area contributed by atoms with Gasteiger partial charge in [0.15, 0.2) is 0 Å². The molecular formula is C9H14O4S. The van der Waals surface area contributed by atoms with Crippen molar-refractivity contribution in [3.8, 4) is 0 Å². The van der Waals surface area contributed by atoms with Gasteiger partial charge in [0.05, 0.1) is 11.2 Å². The summed E-state index contributed by atoms with van der Waals surface area (Å²) in [6, 6.07) is 0. The molecule has 1 unspecified atom stereocenters. The average Bonchev–Trinajstić information content (AvgIpc) is 2.36. The Labute approximate surface area is 83.4 Å². The number of hydrogen-bond acceptors (Lipinski definition) is 3. The van der Waals surface area contributed by atoms with Gasteiger partial charge in [-0.15, -0.1) is 0 Å². The Morgan fingerprint density at radius 2 is 2.07 bits per heavy atom. The standard InChI is InChI=1S/C9H14O4S/c1-8(2)6-3-7(10)9(8,4-6)5-14(11,12)13/h6H,3-5H2,1-2H3,(H,11,12,13)/t6?,9-/m1/s1. The zero-order valence-corrected chi connectivity index (χ0v) is 9.10. The van der Waals surface area contributed by atoms with Gasteiger partial charge >= 0.3 is 0 Å². The SMILES string of the molecule is CC1(C)C2CC(=O)[C@]1(CS(=O)(=O)O)C2. The van der Waals surface area contributed by atoms with Crippen molar-refractivity contribution in [1.29, 1.82) is 0 Å². The first kappa shape index (κ1) is 10.1. The van der Waals surface area contributed by atoms with E-state index < -0.39 is 21.3 Å². The molecule has 3 rings (SSSR count). The monoisotopic (exact) mass is 218 g/mol. The number of hydrogen-bond donors (Lipinski definition) is 1. The summed E-state index contributed by atoms with van der Waals surface area (Å²) < 4.78 is 30.5. The van der Waals surface area contributed by atoms with Crippen LogP contribution in [0.5, 0.6) is 0 Å². The number of ketones is 1. The molecule has 5 heteroatoms. The van der Waals surface area contributed by atoms with E-state index in [2.05, 4.69) is 0 Å². The first-order chi connectivity index (χ1) is 6.19. The summed E-state index contributed by atoms with van der Waals surface area (Å²) in [5.74, 6) is -0.0932. The minimum Gasteiger partial charge on any atom is -0.299 e. The van der Waals surface area contributed by atoms with E-state index in [1.165, 1.54) is 0 Å². The topological polar surface area (TPSA) is 71.4 Å². The highest BCUT2D eigenvalue weighted by Crippen LogP contribution is 2.68. The highest BCUT2D eigenvalue weighted by molar-refractivity contribution is 7.85. The first-order valence-electron chi connectivity index (χ1n) is 4.67. The molecule has 4 nitrogen and oxygen atoms in total. The summed E-state index contributed by atoms with van der Waals surface area (Å²) in [5.41, 5.74) is -1.06. The molecule has 0 saturated heterocycles. The van der Waals surface area contributed by atoms with Crippen LogP contribution in [-0.4, -0.2) is 24.5 Å². The van der Waals surface area contributed by atoms with Gasteiger partial charge in [-0.1, -0.05) is 13.8 Å². The third-order valence-corrected chi connectivity index (χ3v) is 5.10. The van der Waals surface area contributed by atoms with Crippen LogP contribution in [0, 0.1) is 16.7 Å². The Bertz CT molecular complexity index is 395. The lowest BCUT2D eigenvalue weighted by molar-refractivity contribution is -0.133. The molecular weight excluding hydrogens is 204 g/mol. The van der Waals surface area contributed by atoms with Crippen LogP contribution in [0.2, 0.25) is 0 Å². The van der Waals surface area contributed by atoms with E-state index in [4.69, 9.17) is 4.55 Å². The summed E-state index contributed by atoms with van der Waals surface area (Å²) >= 11 is 0. The van der Waals surface area contributed by atoms with Crippen molar-refractivity contribution in [1.82, 2.24) is 0 Å². The van der Waals surface area contributed by atoms with Crippen LogP contribution in [0.25, 0.3) is 0 Å². The predicted octanol–water partition coefficient (Wildman–Crippen LogP) is 0.879. The number of carbonyl (C=O) groups is 1. The van der Waals surface area contributed by atoms with Crippen LogP contribution in [0.15, 0.2) is 0 Å². The summed E-state index contributed by atoms with van der Waals surface area (Å²) in [5, 5.41) is 0. The van der Waals surface area contributed by atoms with Crippen LogP contribution in [-0.2, 0) is 14.9 Å². The van der Waals surface area contributed by atoms with Crippen LogP contribution < -0.4 is 0 Å². The summed E-state index contributed by atoms with van der Waals surface area (Å²) in [4.78, 5) is 11.7. The molecule has 2 bridgehead atoms. The third-order valence-electron chi connectivity index (χ3n) is 4.24. The van der Waals surface area contributed by atoms with E-state index >= 15 is 0 Å². The lowest BCUT2D eigenvalue weighted by atomic mass is 9.51. The molecule has 3 saturated carbocycles. The van der Waals surface area contributed by atoms with E-state index in [9.17, 15) is 13.2 Å². The van der Waals surface area contributed by atoms with Crippen molar-refractivity contribution >= 4 is 15.9 Å². The lowest BCUT2D eigenvalue weighted by Gasteiger charge is -2.52. The molecule has 3 aliphatic carbocycles. The first-order valence-corrected chi connectivity index (χ1v) is 6.28. The molecule has 0 spiro atoms. The Kier molecular flexibility index (Phi) is 1.72. The molecule has 0 radical (unpaired) electrons. The van der Waals surface area contributed by atoms with E-state index in [0.717, 1.165) is 0 Å². The number of fused-ring (bicyclic) bond motifs is 1. The normalized spacial score (nSPS) is 39.6. The number of rotatable bonds is 2. The smallest absolute Gasteiger partial charge is 0.265 e. The van der Waals surface area contributed by atoms with Crippen molar-refractivity contribution in [3.63, 3.8) is 0 Å². The molecule has 0 aromatic heterocycles. The molecule has 14 heavy (non-hydrogen) atoms. The quantitative estimate of drug-likeness (QED) is 0.698. The van der Waals surface area contributed by atoms with Gasteiger partial charge in [0, 0.05) is 6.42 Å². The second-order valence-corrected chi connectivity index (χ2v) is 6.51. The molecule has 0 amide bonds. The maximum absolute atomic E-state index is 11.7. The van der Waals surface area contributed by atoms with Crippen molar-refractivity contribution in [2.75, 3.05) is 5.75 Å². The van der Waals surface area contributed by atoms with E-state index in [-0.39, 0.29) is 11.2 Å². The summed E-state index contributed by atoms with van der Waals surface area (Å²) in [6.45, 7) is 3.83. The summed E-state index contributed by atoms with van der Waals surface area (Å²) in [6.07, 6.45) is 1.10. The maximum Gasteiger partial charge on any atom is 0.265 e. The second-order valence-electron chi connectivity index (χ2n) is 5.06. The Morgan fingerprint density at radius 3 is 2.36 bits per heavy atom. The zero-order chi connectivity index (χ0) is 10.8. The fourth-order valence-electron chi connectivity index (χ4n) is 3.05. The highest BCUT2D eigenvalue weighted by atomic mass is 32.2. The Morgan fingerprint density at radius 1 is 1.50 bits per heavy atom. The Hall–Kier alpha value is -0.420. The molecule has 3 aliphatic rings. The van der Waals surface area contributed by atoms with Crippen LogP contribution in [0.1, 0.15) is 26.7 Å². The minimum absolute atomic E-state index is 0.00475. The molecule has 2 atom stereocenters. The van der Waals surface area contributed by atoms with Crippen LogP contribution >= 0.6 is 0 Å². The minimum atomic E-state index is -4.05. The van der Waals surface area contributed by atoms with Gasteiger partial charge in [-0.05, 0) is 17.8 Å². The van der Waals surface area contributed by atoms with Crippen molar-refractivity contribution in [2.45, 2.75) is 26.7 Å². The highest BCUT2D eigenvalue weighted by Gasteiger charge is 2.70. The van der Waals surface area contributed by atoms with E-state index in [0.29, 0.717) is 18.8 Å². The van der Waals surface area contributed by atoms with E-state index in [1.807, 2.05) is 13.8 Å². The fourth-order valence-corrected chi connectivity index (χ4v) is 4.33. The summed E-state index contributed by atoms with van der Waals surface area (Å²) in [7, 11) is -4.05. The van der Waals surface area contributed by atoms with Gasteiger partial charge in [0.25, 0.3) is 10.1 Å². The third kappa shape index (κ3) is 1.02. The molecule has 0 heterocycles. The second kappa shape index (κ2) is 2.39. The largest absolute Gasteiger partial charge is 0.299 e. The molecule has 80 valence electrons. The van der Waals surface area contributed by atoms with Crippen molar-refractivity contribution in [3.05, 3.63) is 0 Å². The maximum atomic E-state index is 11.7. The van der Waals surface area contributed by atoms with Crippen LogP contribution in [0.4, 0.5) is 0 Å². The van der Waals surface area contributed by atoms with Gasteiger partial charge in [-0.25, -0.2) is 0 Å². The molecule has 0 aromatic carbocycles. The Balaban J connectivity index is 2.37. The molecule has 0 aromatic rings. The van der Waals surface area contributed by atoms with Crippen LogP contribution in [0.3, 0.4) is 0 Å². The average molecular weight is 218 g/mol. The van der Waals surface area contributed by atoms with E-state index in [1.54, 1.807) is 0 Å². The van der Waals surface area contributed by atoms with Gasteiger partial charge in [0.2, 0.25) is 0 Å². The van der Waals surface area contributed by atoms with Crippen molar-refractivity contribution in [2.24, 2.45) is 16.7 Å². The van der Waals surface area contributed by atoms with Gasteiger partial charge < -0.3 is 0 Å². The van der Waals surface area contributed by atoms with Gasteiger partial charge in [-0.3, -0.25) is 9.35 Å². The molecule has 0 aliphatic heterocycles. The van der Waals surface area contributed by atoms with Gasteiger partial charge in [-0.2, -0.15) is 8.42 Å². The number of carbonyl (C=O) groups excluding carboxylic acids is 1. The van der Waals surface area contributed by atoms with Crippen molar-refractivity contribution < 1.29 is 17.8 Å². The predicted molar refractivity (Wildman–Crippen MR) is 50.4 cm³/mol. The molecule has 3 fully saturated rings. The number of Topliss-reactive ketones (excluding diaryl/α,β-unsaturated/α-hetero) is 1. The zero-order valence-electron chi connectivity index (χ0n) is 8.28. The van der Waals surface area contributed by atoms with Gasteiger partial charge in [0.1, 0.15) is 5.78 Å². The molecule has 1 N–H and O–H groups in total. The fraction of sp³-hybridized carbons (Fsp3) is 0.889. The lowest BCUT2D eigenvalue weighted by Crippen LogP contribution is -2.54.